The van der Waals surface area contributed by atoms with Gasteiger partial charge in [-0.3, -0.25) is 4.79 Å². The Morgan fingerprint density at radius 1 is 1.08 bits per heavy atom. The minimum atomic E-state index is -0.236. The largest absolute Gasteiger partial charge is 0.361 e. The van der Waals surface area contributed by atoms with Crippen molar-refractivity contribution in [2.24, 2.45) is 0 Å². The van der Waals surface area contributed by atoms with Crippen LogP contribution in [0.3, 0.4) is 0 Å². The Labute approximate surface area is 153 Å². The fraction of sp³-hybridized carbons (Fsp3) is 0.450. The molecule has 1 heterocycles. The van der Waals surface area contributed by atoms with Crippen LogP contribution in [0.2, 0.25) is 0 Å². The smallest absolute Gasteiger partial charge is 0.271 e. The highest BCUT2D eigenvalue weighted by Crippen LogP contribution is 2.39. The van der Waals surface area contributed by atoms with Crippen LogP contribution in [-0.2, 0) is 5.41 Å². The second-order valence-corrected chi connectivity index (χ2v) is 7.20. The maximum absolute atomic E-state index is 13.3. The van der Waals surface area contributed by atoms with E-state index in [4.69, 9.17) is 0 Å². The number of hydrogen-bond acceptors (Lipinski definition) is 4. The first-order valence-corrected chi connectivity index (χ1v) is 9.05. The Morgan fingerprint density at radius 2 is 1.77 bits per heavy atom. The lowest BCUT2D eigenvalue weighted by Crippen LogP contribution is -2.42. The van der Waals surface area contributed by atoms with Crippen molar-refractivity contribution >= 4 is 11.7 Å². The average molecular weight is 356 g/mol. The minimum Gasteiger partial charge on any atom is -0.361 e. The molecule has 3 rings (SSSR count). The summed E-state index contributed by atoms with van der Waals surface area (Å²) in [6, 6.07) is 10.1. The van der Waals surface area contributed by atoms with E-state index in [1.807, 2.05) is 31.1 Å². The number of halogens is 1. The number of carbonyl (C=O) groups is 1. The van der Waals surface area contributed by atoms with Crippen LogP contribution >= 0.6 is 0 Å². The molecule has 26 heavy (non-hydrogen) atoms. The topological polar surface area (TPSA) is 58.1 Å². The molecule has 1 amide bonds. The van der Waals surface area contributed by atoms with Gasteiger partial charge >= 0.3 is 0 Å². The van der Waals surface area contributed by atoms with Crippen LogP contribution in [-0.4, -0.2) is 36.7 Å². The summed E-state index contributed by atoms with van der Waals surface area (Å²) >= 11 is 0. The molecule has 1 aromatic carbocycles. The summed E-state index contributed by atoms with van der Waals surface area (Å²) in [4.78, 5) is 14.3. The van der Waals surface area contributed by atoms with E-state index in [9.17, 15) is 9.18 Å². The van der Waals surface area contributed by atoms with E-state index < -0.39 is 0 Å². The number of amides is 1. The summed E-state index contributed by atoms with van der Waals surface area (Å²) in [6.45, 7) is 0.522. The molecule has 0 spiro atoms. The van der Waals surface area contributed by atoms with E-state index >= 15 is 0 Å². The summed E-state index contributed by atoms with van der Waals surface area (Å²) < 4.78 is 13.3. The molecule has 1 saturated carbocycles. The van der Waals surface area contributed by atoms with Crippen molar-refractivity contribution in [1.29, 1.82) is 0 Å². The fourth-order valence-electron chi connectivity index (χ4n) is 3.62. The number of anilines is 1. The van der Waals surface area contributed by atoms with Gasteiger partial charge in [0.05, 0.1) is 0 Å². The lowest BCUT2D eigenvalue weighted by molar-refractivity contribution is 0.0930. The first-order chi connectivity index (χ1) is 12.5. The van der Waals surface area contributed by atoms with Crippen molar-refractivity contribution in [2.75, 3.05) is 25.5 Å². The zero-order valence-electron chi connectivity index (χ0n) is 15.3. The summed E-state index contributed by atoms with van der Waals surface area (Å²) in [6.07, 6.45) is 5.41. The van der Waals surface area contributed by atoms with Gasteiger partial charge in [-0.25, -0.2) is 4.39 Å². The molecule has 1 aliphatic carbocycles. The van der Waals surface area contributed by atoms with Gasteiger partial charge < -0.3 is 10.2 Å². The molecule has 1 aliphatic rings. The van der Waals surface area contributed by atoms with E-state index in [1.165, 1.54) is 18.6 Å². The standard InChI is InChI=1S/C20H25FN4O/c1-25(2)18-11-10-17(23-24-18)19(26)22-14-20(12-4-3-5-13-20)15-6-8-16(21)9-7-15/h6-11H,3-5,12-14H2,1-2H3,(H,22,26). The van der Waals surface area contributed by atoms with Crippen LogP contribution in [0.1, 0.15) is 48.2 Å². The van der Waals surface area contributed by atoms with Crippen molar-refractivity contribution in [3.8, 4) is 0 Å². The van der Waals surface area contributed by atoms with Crippen LogP contribution in [0.25, 0.3) is 0 Å². The predicted molar refractivity (Wildman–Crippen MR) is 99.9 cm³/mol. The maximum atomic E-state index is 13.3. The summed E-state index contributed by atoms with van der Waals surface area (Å²) in [7, 11) is 3.75. The van der Waals surface area contributed by atoms with E-state index in [-0.39, 0.29) is 17.1 Å². The van der Waals surface area contributed by atoms with E-state index in [1.54, 1.807) is 12.1 Å². The molecule has 0 unspecified atom stereocenters. The maximum Gasteiger partial charge on any atom is 0.271 e. The quantitative estimate of drug-likeness (QED) is 0.893. The molecule has 1 N–H and O–H groups in total. The highest BCUT2D eigenvalue weighted by Gasteiger charge is 2.34. The normalized spacial score (nSPS) is 16.1. The van der Waals surface area contributed by atoms with Crippen LogP contribution in [0, 0.1) is 5.82 Å². The number of aromatic nitrogens is 2. The second kappa shape index (κ2) is 7.81. The molecular formula is C20H25FN4O. The van der Waals surface area contributed by atoms with Crippen LogP contribution in [0.5, 0.6) is 0 Å². The van der Waals surface area contributed by atoms with Crippen LogP contribution in [0.15, 0.2) is 36.4 Å². The molecular weight excluding hydrogens is 331 g/mol. The SMILES string of the molecule is CN(C)c1ccc(C(=O)NCC2(c3ccc(F)cc3)CCCCC2)nn1. The van der Waals surface area contributed by atoms with Gasteiger partial charge in [-0.15, -0.1) is 10.2 Å². The van der Waals surface area contributed by atoms with Crippen LogP contribution in [0.4, 0.5) is 10.2 Å². The number of rotatable bonds is 5. The Morgan fingerprint density at radius 3 is 2.35 bits per heavy atom. The van der Waals surface area contributed by atoms with Crippen molar-refractivity contribution in [2.45, 2.75) is 37.5 Å². The van der Waals surface area contributed by atoms with E-state index in [2.05, 4.69) is 15.5 Å². The van der Waals surface area contributed by atoms with Gasteiger partial charge in [-0.2, -0.15) is 0 Å². The predicted octanol–water partition coefficient (Wildman–Crippen LogP) is 3.31. The lowest BCUT2D eigenvalue weighted by Gasteiger charge is -2.38. The molecule has 1 fully saturated rings. The third-order valence-electron chi connectivity index (χ3n) is 5.20. The van der Waals surface area contributed by atoms with Crippen LogP contribution < -0.4 is 10.2 Å². The fourth-order valence-corrected chi connectivity index (χ4v) is 3.62. The molecule has 0 radical (unpaired) electrons. The molecule has 0 bridgehead atoms. The Bertz CT molecular complexity index is 737. The highest BCUT2D eigenvalue weighted by molar-refractivity contribution is 5.92. The van der Waals surface area contributed by atoms with Gasteiger partial charge in [0.15, 0.2) is 11.5 Å². The highest BCUT2D eigenvalue weighted by atomic mass is 19.1. The van der Waals surface area contributed by atoms with Crippen molar-refractivity contribution in [1.82, 2.24) is 15.5 Å². The number of carbonyl (C=O) groups excluding carboxylic acids is 1. The molecule has 6 heteroatoms. The Kier molecular flexibility index (Phi) is 5.49. The van der Waals surface area contributed by atoms with Gasteiger partial charge in [0, 0.05) is 26.1 Å². The van der Waals surface area contributed by atoms with E-state index in [0.29, 0.717) is 18.1 Å². The molecule has 5 nitrogen and oxygen atoms in total. The number of nitrogens with zero attached hydrogens (tertiary/aromatic N) is 3. The first kappa shape index (κ1) is 18.3. The average Bonchev–Trinajstić information content (AvgIpc) is 2.67. The lowest BCUT2D eigenvalue weighted by atomic mass is 9.69. The third-order valence-corrected chi connectivity index (χ3v) is 5.20. The van der Waals surface area contributed by atoms with Gasteiger partial charge in [0.25, 0.3) is 5.91 Å². The number of nitrogens with one attached hydrogen (secondary N) is 1. The van der Waals surface area contributed by atoms with Gasteiger partial charge in [0.2, 0.25) is 0 Å². The number of benzene rings is 1. The molecule has 0 aliphatic heterocycles. The molecule has 1 aromatic heterocycles. The first-order valence-electron chi connectivity index (χ1n) is 9.05. The van der Waals surface area contributed by atoms with E-state index in [0.717, 1.165) is 31.2 Å². The molecule has 0 saturated heterocycles. The molecule has 0 atom stereocenters. The summed E-state index contributed by atoms with van der Waals surface area (Å²) in [5, 5.41) is 11.1. The van der Waals surface area contributed by atoms with Crippen molar-refractivity contribution in [3.05, 3.63) is 53.5 Å². The monoisotopic (exact) mass is 356 g/mol. The van der Waals surface area contributed by atoms with Crippen molar-refractivity contribution in [3.63, 3.8) is 0 Å². The molecule has 2 aromatic rings. The number of hydrogen-bond donors (Lipinski definition) is 1. The van der Waals surface area contributed by atoms with Gasteiger partial charge in [0.1, 0.15) is 5.82 Å². The van der Waals surface area contributed by atoms with Gasteiger partial charge in [-0.05, 0) is 42.7 Å². The Hall–Kier alpha value is -2.50. The van der Waals surface area contributed by atoms with Crippen molar-refractivity contribution < 1.29 is 9.18 Å². The van der Waals surface area contributed by atoms with Gasteiger partial charge in [-0.1, -0.05) is 31.4 Å². The zero-order chi connectivity index (χ0) is 18.6. The zero-order valence-corrected chi connectivity index (χ0v) is 15.3. The summed E-state index contributed by atoms with van der Waals surface area (Å²) in [5.74, 6) is 0.242. The minimum absolute atomic E-state index is 0.140. The second-order valence-electron chi connectivity index (χ2n) is 7.20. The summed E-state index contributed by atoms with van der Waals surface area (Å²) in [5.41, 5.74) is 1.26. The third kappa shape index (κ3) is 4.00. The Balaban J connectivity index is 1.73. The molecule has 138 valence electrons.